The first kappa shape index (κ1) is 23.8. The molecule has 6 aromatic rings. The normalized spacial score (nSPS) is 17.9. The van der Waals surface area contributed by atoms with E-state index in [-0.39, 0.29) is 10.8 Å². The van der Waals surface area contributed by atoms with Crippen LogP contribution in [-0.4, -0.2) is 13.1 Å². The minimum absolute atomic E-state index is 0.186. The van der Waals surface area contributed by atoms with Crippen molar-refractivity contribution in [2.75, 3.05) is 22.9 Å². The van der Waals surface area contributed by atoms with Crippen molar-refractivity contribution in [3.63, 3.8) is 0 Å². The quantitative estimate of drug-likeness (QED) is 0.210. The van der Waals surface area contributed by atoms with Gasteiger partial charge in [0.25, 0.3) is 0 Å². The molecule has 0 fully saturated rings. The molecule has 0 radical (unpaired) electrons. The standard InChI is InChI=1S/C38H36N2/c1-37(2)21-23-39(33-11-7-5-9-29(33)37)31-19-15-25-14-18-28-32(20-16-26-13-17-27(31)35(25)36(26)28)40-24-22-38(3,4)30-10-6-8-12-34(30)40/h5-20H,21-24H2,1-4H3. The lowest BCUT2D eigenvalue weighted by molar-refractivity contribution is 0.467. The lowest BCUT2D eigenvalue weighted by Crippen LogP contribution is -2.34. The van der Waals surface area contributed by atoms with Crippen LogP contribution in [0, 0.1) is 0 Å². The molecule has 0 unspecified atom stereocenters. The number of fused-ring (bicyclic) bond motifs is 2. The van der Waals surface area contributed by atoms with E-state index in [4.69, 9.17) is 0 Å². The Labute approximate surface area is 237 Å². The molecule has 0 spiro atoms. The molecule has 0 amide bonds. The molecule has 0 aromatic heterocycles. The first-order chi connectivity index (χ1) is 19.3. The fraction of sp³-hybridized carbons (Fsp3) is 0.263. The minimum Gasteiger partial charge on any atom is -0.341 e. The summed E-state index contributed by atoms with van der Waals surface area (Å²) in [5.41, 5.74) is 8.60. The molecular weight excluding hydrogens is 484 g/mol. The summed E-state index contributed by atoms with van der Waals surface area (Å²) in [6.07, 6.45) is 2.28. The average molecular weight is 521 g/mol. The first-order valence-corrected chi connectivity index (χ1v) is 14.8. The van der Waals surface area contributed by atoms with Crippen LogP contribution in [0.2, 0.25) is 0 Å². The predicted octanol–water partition coefficient (Wildman–Crippen LogP) is 10.2. The summed E-state index contributed by atoms with van der Waals surface area (Å²) in [4.78, 5) is 5.13. The molecule has 0 bridgehead atoms. The van der Waals surface area contributed by atoms with Crippen molar-refractivity contribution >= 4 is 55.1 Å². The topological polar surface area (TPSA) is 6.48 Å². The van der Waals surface area contributed by atoms with Gasteiger partial charge in [0.1, 0.15) is 0 Å². The number of rotatable bonds is 2. The van der Waals surface area contributed by atoms with E-state index < -0.39 is 0 Å². The van der Waals surface area contributed by atoms with Crippen molar-refractivity contribution in [1.29, 1.82) is 0 Å². The molecule has 198 valence electrons. The van der Waals surface area contributed by atoms with Gasteiger partial charge in [-0.2, -0.15) is 0 Å². The Morgan fingerprint density at radius 3 is 1.30 bits per heavy atom. The fourth-order valence-corrected chi connectivity index (χ4v) is 7.60. The van der Waals surface area contributed by atoms with Gasteiger partial charge in [0, 0.05) is 46.6 Å². The van der Waals surface area contributed by atoms with Crippen LogP contribution in [0.3, 0.4) is 0 Å². The summed E-state index contributed by atoms with van der Waals surface area (Å²) in [6.45, 7) is 11.6. The summed E-state index contributed by atoms with van der Waals surface area (Å²) < 4.78 is 0. The SMILES string of the molecule is CC1(C)CCN(c2ccc3ccc4c(N5CCC(C)(C)c6ccccc65)ccc5ccc2c3c54)c2ccccc21. The maximum absolute atomic E-state index is 2.57. The van der Waals surface area contributed by atoms with E-state index in [1.165, 1.54) is 66.2 Å². The van der Waals surface area contributed by atoms with Crippen LogP contribution in [0.25, 0.3) is 32.3 Å². The van der Waals surface area contributed by atoms with E-state index in [0.29, 0.717) is 0 Å². The number of nitrogens with zero attached hydrogens (tertiary/aromatic N) is 2. The van der Waals surface area contributed by atoms with Crippen molar-refractivity contribution in [2.24, 2.45) is 0 Å². The van der Waals surface area contributed by atoms with Gasteiger partial charge < -0.3 is 9.80 Å². The molecular formula is C38H36N2. The highest BCUT2D eigenvalue weighted by atomic mass is 15.2. The fourth-order valence-electron chi connectivity index (χ4n) is 7.60. The highest BCUT2D eigenvalue weighted by Crippen LogP contribution is 2.49. The van der Waals surface area contributed by atoms with Gasteiger partial charge in [-0.1, -0.05) is 100 Å². The van der Waals surface area contributed by atoms with Crippen LogP contribution in [-0.2, 0) is 10.8 Å². The number of anilines is 4. The summed E-state index contributed by atoms with van der Waals surface area (Å²) in [7, 11) is 0. The van der Waals surface area contributed by atoms with Gasteiger partial charge in [-0.3, -0.25) is 0 Å². The van der Waals surface area contributed by atoms with Crippen LogP contribution in [0.15, 0.2) is 97.1 Å². The Morgan fingerprint density at radius 2 is 0.850 bits per heavy atom. The Bertz CT molecular complexity index is 1790. The monoisotopic (exact) mass is 520 g/mol. The molecule has 2 aliphatic rings. The number of benzene rings is 6. The van der Waals surface area contributed by atoms with Gasteiger partial charge in [-0.15, -0.1) is 0 Å². The molecule has 0 saturated carbocycles. The third-order valence-corrected chi connectivity index (χ3v) is 9.97. The van der Waals surface area contributed by atoms with Crippen LogP contribution in [0.5, 0.6) is 0 Å². The molecule has 2 aliphatic heterocycles. The molecule has 0 atom stereocenters. The second-order valence-corrected chi connectivity index (χ2v) is 13.2. The van der Waals surface area contributed by atoms with Gasteiger partial charge >= 0.3 is 0 Å². The van der Waals surface area contributed by atoms with Crippen molar-refractivity contribution in [3.05, 3.63) is 108 Å². The molecule has 2 heterocycles. The van der Waals surface area contributed by atoms with E-state index in [0.717, 1.165) is 25.9 Å². The maximum atomic E-state index is 2.57. The summed E-state index contributed by atoms with van der Waals surface area (Å²) in [5, 5.41) is 8.12. The highest BCUT2D eigenvalue weighted by molar-refractivity contribution is 6.27. The van der Waals surface area contributed by atoms with Gasteiger partial charge in [0.05, 0.1) is 0 Å². The molecule has 0 saturated heterocycles. The van der Waals surface area contributed by atoms with Crippen molar-refractivity contribution in [2.45, 2.75) is 51.4 Å². The summed E-state index contributed by atoms with van der Waals surface area (Å²) >= 11 is 0. The minimum atomic E-state index is 0.186. The van der Waals surface area contributed by atoms with Crippen LogP contribution in [0.1, 0.15) is 51.7 Å². The molecule has 8 rings (SSSR count). The smallest absolute Gasteiger partial charge is 0.0491 e. The van der Waals surface area contributed by atoms with E-state index in [2.05, 4.69) is 135 Å². The Balaban J connectivity index is 1.36. The maximum Gasteiger partial charge on any atom is 0.0491 e. The van der Waals surface area contributed by atoms with Crippen LogP contribution >= 0.6 is 0 Å². The lowest BCUT2D eigenvalue weighted by atomic mass is 9.77. The van der Waals surface area contributed by atoms with Crippen molar-refractivity contribution in [3.8, 4) is 0 Å². The summed E-state index contributed by atoms with van der Waals surface area (Å²) in [5.74, 6) is 0. The van der Waals surface area contributed by atoms with Gasteiger partial charge in [0.2, 0.25) is 0 Å². The zero-order chi connectivity index (χ0) is 27.2. The second kappa shape index (κ2) is 8.24. The Hall–Kier alpha value is -4.04. The molecule has 40 heavy (non-hydrogen) atoms. The number of hydrogen-bond acceptors (Lipinski definition) is 2. The van der Waals surface area contributed by atoms with Crippen LogP contribution < -0.4 is 9.80 Å². The van der Waals surface area contributed by atoms with Crippen LogP contribution in [0.4, 0.5) is 22.7 Å². The molecule has 6 aromatic carbocycles. The van der Waals surface area contributed by atoms with Crippen molar-refractivity contribution < 1.29 is 0 Å². The molecule has 0 aliphatic carbocycles. The largest absolute Gasteiger partial charge is 0.341 e. The van der Waals surface area contributed by atoms with E-state index in [1.807, 2.05) is 0 Å². The number of para-hydroxylation sites is 2. The zero-order valence-corrected chi connectivity index (χ0v) is 24.0. The van der Waals surface area contributed by atoms with Gasteiger partial charge in [0.15, 0.2) is 0 Å². The summed E-state index contributed by atoms with van der Waals surface area (Å²) in [6, 6.07) is 36.8. The third kappa shape index (κ3) is 3.29. The highest BCUT2D eigenvalue weighted by Gasteiger charge is 2.34. The molecule has 0 N–H and O–H groups in total. The van der Waals surface area contributed by atoms with E-state index in [9.17, 15) is 0 Å². The third-order valence-electron chi connectivity index (χ3n) is 9.97. The van der Waals surface area contributed by atoms with Gasteiger partial charge in [-0.05, 0) is 80.6 Å². The molecule has 2 nitrogen and oxygen atoms in total. The Morgan fingerprint density at radius 1 is 0.450 bits per heavy atom. The average Bonchev–Trinajstić information content (AvgIpc) is 2.97. The zero-order valence-electron chi connectivity index (χ0n) is 24.0. The molecule has 2 heteroatoms. The van der Waals surface area contributed by atoms with Crippen molar-refractivity contribution in [1.82, 2.24) is 0 Å². The lowest BCUT2D eigenvalue weighted by Gasteiger charge is -2.41. The Kier molecular flexibility index (Phi) is 4.90. The van der Waals surface area contributed by atoms with Gasteiger partial charge in [-0.25, -0.2) is 0 Å². The predicted molar refractivity (Wildman–Crippen MR) is 172 cm³/mol. The second-order valence-electron chi connectivity index (χ2n) is 13.2. The van der Waals surface area contributed by atoms with E-state index in [1.54, 1.807) is 0 Å². The number of hydrogen-bond donors (Lipinski definition) is 0. The first-order valence-electron chi connectivity index (χ1n) is 14.8. The van der Waals surface area contributed by atoms with E-state index >= 15 is 0 Å².